The SMILES string of the molecule is COc1cccc(OCC2c3ccsc3CCN2C(=O)CN(CC2CCCO2)C(=O)Cc2ccccc2)c1. The lowest BCUT2D eigenvalue weighted by Crippen LogP contribution is -2.49. The maximum absolute atomic E-state index is 13.8. The summed E-state index contributed by atoms with van der Waals surface area (Å²) < 4.78 is 17.3. The summed E-state index contributed by atoms with van der Waals surface area (Å²) in [6.07, 6.45) is 2.92. The van der Waals surface area contributed by atoms with Gasteiger partial charge in [0.15, 0.2) is 0 Å². The average molecular weight is 535 g/mol. The third-order valence-electron chi connectivity index (χ3n) is 7.19. The van der Waals surface area contributed by atoms with Crippen LogP contribution in [0.15, 0.2) is 66.0 Å². The Balaban J connectivity index is 1.32. The normalized spacial score (nSPS) is 18.6. The largest absolute Gasteiger partial charge is 0.497 e. The third kappa shape index (κ3) is 6.37. The highest BCUT2D eigenvalue weighted by atomic mass is 32.1. The first-order chi connectivity index (χ1) is 18.6. The maximum atomic E-state index is 13.8. The second kappa shape index (κ2) is 12.5. The van der Waals surface area contributed by atoms with Crippen LogP contribution in [0.3, 0.4) is 0 Å². The molecule has 2 aliphatic rings. The van der Waals surface area contributed by atoms with E-state index in [0.717, 1.165) is 36.1 Å². The van der Waals surface area contributed by atoms with Crippen LogP contribution in [0.1, 0.15) is 34.9 Å². The standard InChI is InChI=1S/C30H34N2O5S/c1-35-23-9-5-10-24(18-23)37-21-27-26-13-16-38-28(26)12-14-32(27)30(34)20-31(19-25-11-6-15-36-25)29(33)17-22-7-3-2-4-8-22/h2-5,7-10,13,16,18,25,27H,6,11-12,14-15,17,19-21H2,1H3. The van der Waals surface area contributed by atoms with Gasteiger partial charge >= 0.3 is 0 Å². The van der Waals surface area contributed by atoms with Gasteiger partial charge in [0.1, 0.15) is 18.1 Å². The fourth-order valence-electron chi connectivity index (χ4n) is 5.17. The van der Waals surface area contributed by atoms with E-state index in [1.54, 1.807) is 23.3 Å². The number of benzene rings is 2. The molecule has 2 aliphatic heterocycles. The lowest BCUT2D eigenvalue weighted by Gasteiger charge is -2.37. The molecular formula is C30H34N2O5S. The molecule has 1 saturated heterocycles. The third-order valence-corrected chi connectivity index (χ3v) is 8.19. The molecule has 7 nitrogen and oxygen atoms in total. The van der Waals surface area contributed by atoms with Crippen LogP contribution in [0.2, 0.25) is 0 Å². The predicted octanol–water partition coefficient (Wildman–Crippen LogP) is 4.51. The van der Waals surface area contributed by atoms with Gasteiger partial charge < -0.3 is 24.0 Å². The van der Waals surface area contributed by atoms with Crippen molar-refractivity contribution in [2.24, 2.45) is 0 Å². The first-order valence-corrected chi connectivity index (χ1v) is 14.0. The molecule has 0 radical (unpaired) electrons. The number of thiophene rings is 1. The number of carbonyl (C=O) groups is 2. The molecule has 0 spiro atoms. The van der Waals surface area contributed by atoms with Crippen molar-refractivity contribution in [1.29, 1.82) is 0 Å². The van der Waals surface area contributed by atoms with Gasteiger partial charge in [-0.2, -0.15) is 0 Å². The van der Waals surface area contributed by atoms with Crippen LogP contribution in [-0.2, 0) is 27.2 Å². The van der Waals surface area contributed by atoms with Crippen molar-refractivity contribution in [2.45, 2.75) is 37.8 Å². The zero-order valence-electron chi connectivity index (χ0n) is 21.7. The van der Waals surface area contributed by atoms with Gasteiger partial charge in [0.05, 0.1) is 32.2 Å². The molecule has 1 aromatic heterocycles. The van der Waals surface area contributed by atoms with E-state index in [0.29, 0.717) is 32.1 Å². The summed E-state index contributed by atoms with van der Waals surface area (Å²) in [4.78, 5) is 32.1. The molecule has 3 heterocycles. The van der Waals surface area contributed by atoms with Crippen LogP contribution in [0.25, 0.3) is 0 Å². The average Bonchev–Trinajstić information content (AvgIpc) is 3.64. The molecule has 0 saturated carbocycles. The monoisotopic (exact) mass is 534 g/mol. The fourth-order valence-corrected chi connectivity index (χ4v) is 6.09. The Kier molecular flexibility index (Phi) is 8.61. The van der Waals surface area contributed by atoms with Crippen molar-refractivity contribution >= 4 is 23.2 Å². The number of methoxy groups -OCH3 is 1. The summed E-state index contributed by atoms with van der Waals surface area (Å²) in [7, 11) is 1.62. The van der Waals surface area contributed by atoms with Gasteiger partial charge in [-0.25, -0.2) is 0 Å². The van der Waals surface area contributed by atoms with E-state index in [4.69, 9.17) is 14.2 Å². The van der Waals surface area contributed by atoms with Crippen LogP contribution in [0.5, 0.6) is 11.5 Å². The fraction of sp³-hybridized carbons (Fsp3) is 0.400. The Morgan fingerprint density at radius 1 is 1.11 bits per heavy atom. The van der Waals surface area contributed by atoms with E-state index in [1.165, 1.54) is 4.88 Å². The summed E-state index contributed by atoms with van der Waals surface area (Å²) in [6.45, 7) is 2.09. The second-order valence-electron chi connectivity index (χ2n) is 9.71. The molecule has 0 N–H and O–H groups in total. The Labute approximate surface area is 227 Å². The van der Waals surface area contributed by atoms with Crippen molar-refractivity contribution < 1.29 is 23.8 Å². The van der Waals surface area contributed by atoms with Crippen molar-refractivity contribution in [2.75, 3.05) is 40.0 Å². The number of amides is 2. The van der Waals surface area contributed by atoms with E-state index < -0.39 is 0 Å². The topological polar surface area (TPSA) is 68.3 Å². The van der Waals surface area contributed by atoms with Crippen molar-refractivity contribution in [3.8, 4) is 11.5 Å². The summed E-state index contributed by atoms with van der Waals surface area (Å²) in [5.41, 5.74) is 2.06. The quantitative estimate of drug-likeness (QED) is 0.383. The number of ether oxygens (including phenoxy) is 3. The van der Waals surface area contributed by atoms with Crippen LogP contribution >= 0.6 is 11.3 Å². The molecule has 200 valence electrons. The molecular weight excluding hydrogens is 500 g/mol. The van der Waals surface area contributed by atoms with Gasteiger partial charge in [0.25, 0.3) is 0 Å². The summed E-state index contributed by atoms with van der Waals surface area (Å²) in [6, 6.07) is 19.0. The van der Waals surface area contributed by atoms with Crippen LogP contribution in [0, 0.1) is 0 Å². The molecule has 38 heavy (non-hydrogen) atoms. The number of carbonyl (C=O) groups excluding carboxylic acids is 2. The van der Waals surface area contributed by atoms with Gasteiger partial charge in [-0.15, -0.1) is 11.3 Å². The number of hydrogen-bond acceptors (Lipinski definition) is 6. The maximum Gasteiger partial charge on any atom is 0.242 e. The molecule has 0 aliphatic carbocycles. The van der Waals surface area contributed by atoms with E-state index in [2.05, 4.69) is 11.4 Å². The molecule has 2 aromatic carbocycles. The minimum atomic E-state index is -0.225. The van der Waals surface area contributed by atoms with E-state index in [1.807, 2.05) is 59.5 Å². The zero-order chi connectivity index (χ0) is 26.3. The van der Waals surface area contributed by atoms with E-state index >= 15 is 0 Å². The van der Waals surface area contributed by atoms with Crippen molar-refractivity contribution in [1.82, 2.24) is 9.80 Å². The van der Waals surface area contributed by atoms with Gasteiger partial charge in [0, 0.05) is 30.6 Å². The molecule has 0 bridgehead atoms. The van der Waals surface area contributed by atoms with Crippen molar-refractivity contribution in [3.05, 3.63) is 82.0 Å². The Bertz CT molecular complexity index is 1220. The molecule has 8 heteroatoms. The Hall–Kier alpha value is -3.36. The Morgan fingerprint density at radius 2 is 1.95 bits per heavy atom. The lowest BCUT2D eigenvalue weighted by molar-refractivity contribution is -0.143. The smallest absolute Gasteiger partial charge is 0.242 e. The Morgan fingerprint density at radius 3 is 2.74 bits per heavy atom. The number of fused-ring (bicyclic) bond motifs is 1. The van der Waals surface area contributed by atoms with Gasteiger partial charge in [-0.3, -0.25) is 9.59 Å². The van der Waals surface area contributed by atoms with Crippen LogP contribution in [-0.4, -0.2) is 67.7 Å². The molecule has 2 amide bonds. The zero-order valence-corrected chi connectivity index (χ0v) is 22.5. The number of hydrogen-bond donors (Lipinski definition) is 0. The highest BCUT2D eigenvalue weighted by Gasteiger charge is 2.34. The second-order valence-corrected chi connectivity index (χ2v) is 10.7. The summed E-state index contributed by atoms with van der Waals surface area (Å²) in [5.74, 6) is 1.28. The molecule has 2 atom stereocenters. The minimum Gasteiger partial charge on any atom is -0.497 e. The van der Waals surface area contributed by atoms with Gasteiger partial charge in [-0.1, -0.05) is 36.4 Å². The first kappa shape index (κ1) is 26.3. The minimum absolute atomic E-state index is 0.0282. The number of rotatable bonds is 10. The van der Waals surface area contributed by atoms with E-state index in [9.17, 15) is 9.59 Å². The molecule has 2 unspecified atom stereocenters. The molecule has 5 rings (SSSR count). The van der Waals surface area contributed by atoms with Gasteiger partial charge in [-0.05, 0) is 54.0 Å². The predicted molar refractivity (Wildman–Crippen MR) is 147 cm³/mol. The summed E-state index contributed by atoms with van der Waals surface area (Å²) >= 11 is 1.72. The first-order valence-electron chi connectivity index (χ1n) is 13.2. The van der Waals surface area contributed by atoms with E-state index in [-0.39, 0.29) is 36.9 Å². The van der Waals surface area contributed by atoms with Crippen LogP contribution in [0.4, 0.5) is 0 Å². The van der Waals surface area contributed by atoms with Gasteiger partial charge in [0.2, 0.25) is 11.8 Å². The van der Waals surface area contributed by atoms with Crippen molar-refractivity contribution in [3.63, 3.8) is 0 Å². The van der Waals surface area contributed by atoms with Crippen LogP contribution < -0.4 is 9.47 Å². The highest BCUT2D eigenvalue weighted by molar-refractivity contribution is 7.10. The number of nitrogens with zero attached hydrogens (tertiary/aromatic N) is 2. The summed E-state index contributed by atoms with van der Waals surface area (Å²) in [5, 5.41) is 2.07. The lowest BCUT2D eigenvalue weighted by atomic mass is 10.00. The highest BCUT2D eigenvalue weighted by Crippen LogP contribution is 2.34. The molecule has 1 fully saturated rings. The molecule has 3 aromatic rings.